The molecule has 312 valence electrons. The van der Waals surface area contributed by atoms with Crippen molar-refractivity contribution >= 4 is 70.1 Å². The lowest BCUT2D eigenvalue weighted by Crippen LogP contribution is -2.54. The molecule has 1 unspecified atom stereocenters. The highest BCUT2D eigenvalue weighted by atomic mass is 32.1. The van der Waals surface area contributed by atoms with Crippen LogP contribution in [0.5, 0.6) is 5.75 Å². The Morgan fingerprint density at radius 2 is 1.75 bits per heavy atom. The molecule has 3 N–H and O–H groups in total. The molecule has 2 saturated heterocycles. The van der Waals surface area contributed by atoms with Crippen LogP contribution < -0.4 is 30.5 Å². The molecule has 3 aliphatic heterocycles. The maximum Gasteiger partial charge on any atom is 0.420 e. The molecular weight excluding hydrogens is 817 g/mol. The van der Waals surface area contributed by atoms with Crippen molar-refractivity contribution in [3.63, 3.8) is 0 Å². The number of carbonyl (C=O) groups is 7. The van der Waals surface area contributed by atoms with Crippen molar-refractivity contribution in [3.8, 4) is 11.8 Å². The zero-order chi connectivity index (χ0) is 43.7. The summed E-state index contributed by atoms with van der Waals surface area (Å²) in [4.78, 5) is 95.6. The predicted molar refractivity (Wildman–Crippen MR) is 205 cm³/mol. The van der Waals surface area contributed by atoms with Gasteiger partial charge < -0.3 is 20.3 Å². The van der Waals surface area contributed by atoms with Crippen LogP contribution in [-0.4, -0.2) is 87.6 Å². The predicted octanol–water partition coefficient (Wildman–Crippen LogP) is 3.06. The molecule has 7 amide bonds. The molecule has 60 heavy (non-hydrogen) atoms. The summed E-state index contributed by atoms with van der Waals surface area (Å²) in [7, 11) is 0. The minimum absolute atomic E-state index is 0.00261. The van der Waals surface area contributed by atoms with Gasteiger partial charge in [-0.05, 0) is 81.7 Å². The van der Waals surface area contributed by atoms with Crippen LogP contribution in [0.3, 0.4) is 0 Å². The molecule has 0 aliphatic carbocycles. The Balaban J connectivity index is 0.946. The van der Waals surface area contributed by atoms with E-state index in [1.54, 1.807) is 12.1 Å². The molecule has 4 heterocycles. The molecule has 0 spiro atoms. The summed E-state index contributed by atoms with van der Waals surface area (Å²) in [5, 5.41) is 16.3. The van der Waals surface area contributed by atoms with Gasteiger partial charge in [-0.25, -0.2) is 4.39 Å². The molecule has 0 radical (unpaired) electrons. The molecule has 16 nitrogen and oxygen atoms in total. The van der Waals surface area contributed by atoms with Crippen molar-refractivity contribution in [2.24, 2.45) is 0 Å². The number of pyridine rings is 1. The first-order valence-electron chi connectivity index (χ1n) is 18.3. The third kappa shape index (κ3) is 8.22. The van der Waals surface area contributed by atoms with Crippen LogP contribution >= 0.6 is 12.2 Å². The number of anilines is 2. The van der Waals surface area contributed by atoms with E-state index >= 15 is 4.39 Å². The number of carbonyl (C=O) groups excluding carboxylic acids is 7. The van der Waals surface area contributed by atoms with Gasteiger partial charge in [0.05, 0.1) is 40.3 Å². The van der Waals surface area contributed by atoms with E-state index in [9.17, 15) is 46.7 Å². The number of fused-ring (bicyclic) bond motifs is 1. The van der Waals surface area contributed by atoms with E-state index in [-0.39, 0.29) is 72.4 Å². The van der Waals surface area contributed by atoms with Crippen molar-refractivity contribution in [2.45, 2.75) is 63.7 Å². The molecular formula is C39H34F4N8O8S. The maximum absolute atomic E-state index is 15.3. The van der Waals surface area contributed by atoms with Gasteiger partial charge in [0.2, 0.25) is 17.7 Å². The molecule has 0 saturated carbocycles. The Labute approximate surface area is 343 Å². The van der Waals surface area contributed by atoms with E-state index < -0.39 is 82.4 Å². The number of amides is 7. The number of hydrogen-bond acceptors (Lipinski definition) is 11. The Kier molecular flexibility index (Phi) is 12.0. The lowest BCUT2D eigenvalue weighted by Gasteiger charge is -2.29. The van der Waals surface area contributed by atoms with Crippen LogP contribution in [0.2, 0.25) is 0 Å². The molecule has 1 atom stereocenters. The Morgan fingerprint density at radius 3 is 2.40 bits per heavy atom. The summed E-state index contributed by atoms with van der Waals surface area (Å²) in [6.07, 6.45) is -3.31. The van der Waals surface area contributed by atoms with Gasteiger partial charge in [-0.1, -0.05) is 6.07 Å². The number of thiocarbonyl (C=S) groups is 1. The van der Waals surface area contributed by atoms with Crippen LogP contribution in [0.15, 0.2) is 48.7 Å². The highest BCUT2D eigenvalue weighted by Crippen LogP contribution is 2.42. The van der Waals surface area contributed by atoms with Crippen LogP contribution in [0.4, 0.5) is 28.9 Å². The van der Waals surface area contributed by atoms with Crippen molar-refractivity contribution < 1.29 is 55.9 Å². The third-order valence-electron chi connectivity index (χ3n) is 9.90. The number of halogens is 4. The van der Waals surface area contributed by atoms with Crippen molar-refractivity contribution in [1.29, 1.82) is 5.26 Å². The van der Waals surface area contributed by atoms with Gasteiger partial charge in [0.1, 0.15) is 22.9 Å². The Morgan fingerprint density at radius 1 is 1.03 bits per heavy atom. The normalized spacial score (nSPS) is 17.4. The number of alkyl halides is 3. The first kappa shape index (κ1) is 42.8. The quantitative estimate of drug-likeness (QED) is 0.0981. The van der Waals surface area contributed by atoms with Crippen molar-refractivity contribution in [1.82, 2.24) is 25.8 Å². The fourth-order valence-corrected chi connectivity index (χ4v) is 7.43. The number of imide groups is 2. The van der Waals surface area contributed by atoms with E-state index in [0.29, 0.717) is 17.0 Å². The minimum atomic E-state index is -5.22. The lowest BCUT2D eigenvalue weighted by molar-refractivity contribution is -0.140. The average Bonchev–Trinajstić information content (AvgIpc) is 3.55. The van der Waals surface area contributed by atoms with Gasteiger partial charge in [0.15, 0.2) is 17.5 Å². The summed E-state index contributed by atoms with van der Waals surface area (Å²) in [5.74, 6) is -6.26. The summed E-state index contributed by atoms with van der Waals surface area (Å²) in [6.45, 7) is 2.78. The van der Waals surface area contributed by atoms with Crippen LogP contribution in [0.25, 0.3) is 0 Å². The average molecular weight is 851 g/mol. The third-order valence-corrected chi connectivity index (χ3v) is 10.3. The summed E-state index contributed by atoms with van der Waals surface area (Å²) < 4.78 is 61.9. The molecule has 1 aromatic heterocycles. The number of hydrogen-bond donors (Lipinski definition) is 3. The van der Waals surface area contributed by atoms with Gasteiger partial charge >= 0.3 is 6.18 Å². The second-order valence-corrected chi connectivity index (χ2v) is 14.6. The monoisotopic (exact) mass is 850 g/mol. The van der Waals surface area contributed by atoms with E-state index in [2.05, 4.69) is 20.9 Å². The number of aryl methyl sites for hydroxylation is 1. The van der Waals surface area contributed by atoms with Gasteiger partial charge in [-0.2, -0.15) is 18.4 Å². The molecule has 21 heteroatoms. The smallest absolute Gasteiger partial charge is 0.420 e. The first-order valence-corrected chi connectivity index (χ1v) is 18.7. The zero-order valence-corrected chi connectivity index (χ0v) is 32.6. The maximum atomic E-state index is 15.3. The zero-order valence-electron chi connectivity index (χ0n) is 31.8. The van der Waals surface area contributed by atoms with E-state index in [1.165, 1.54) is 49.2 Å². The first-order chi connectivity index (χ1) is 28.4. The van der Waals surface area contributed by atoms with Gasteiger partial charge in [0.25, 0.3) is 23.6 Å². The molecule has 3 aliphatic rings. The van der Waals surface area contributed by atoms with E-state index in [4.69, 9.17) is 22.2 Å². The number of nitrogens with one attached hydrogen (secondary N) is 3. The van der Waals surface area contributed by atoms with Crippen molar-refractivity contribution in [2.75, 3.05) is 29.5 Å². The van der Waals surface area contributed by atoms with Crippen LogP contribution in [-0.2, 0) is 36.6 Å². The number of rotatable bonds is 13. The second-order valence-electron chi connectivity index (χ2n) is 14.2. The van der Waals surface area contributed by atoms with Gasteiger partial charge in [0, 0.05) is 31.6 Å². The molecule has 6 rings (SSSR count). The number of nitrogens with zero attached hydrogens (tertiary/aromatic N) is 5. The van der Waals surface area contributed by atoms with Crippen LogP contribution in [0.1, 0.15) is 77.1 Å². The number of nitriles is 1. The SMILES string of the molecule is CC1(C)C(=O)N(c2ccc(C#N)c(C(F)(F)F)c2F)C(=S)N1c1ccc(CCC(=O)NCCCNC(=O)COc2cccc3c2C(=O)N(C2CCC(=O)NC2=O)C3=O)nc1. The minimum Gasteiger partial charge on any atom is -0.483 e. The highest BCUT2D eigenvalue weighted by molar-refractivity contribution is 7.81. The van der Waals surface area contributed by atoms with E-state index in [1.807, 2.05) is 0 Å². The fourth-order valence-electron chi connectivity index (χ4n) is 6.92. The second kappa shape index (κ2) is 16.8. The topological polar surface area (TPSA) is 211 Å². The number of benzene rings is 2. The Hall–Kier alpha value is -6.82. The lowest BCUT2D eigenvalue weighted by atomic mass is 10.0. The van der Waals surface area contributed by atoms with Crippen molar-refractivity contribution in [3.05, 3.63) is 82.4 Å². The summed E-state index contributed by atoms with van der Waals surface area (Å²) in [5.41, 5.74) is -4.32. The number of aromatic nitrogens is 1. The fraction of sp³-hybridized carbons (Fsp3) is 0.333. The molecule has 3 aromatic rings. The van der Waals surface area contributed by atoms with Gasteiger partial charge in [-0.3, -0.25) is 53.7 Å². The molecule has 0 bridgehead atoms. The standard InChI is InChI=1S/C39H34F4N8O8S/c1-38(2)36(58)50(24-11-7-20(17-44)31(32(24)40)39(41,42)43)37(60)51(38)22-10-8-21(47-18-22)9-13-27(52)45-15-4-16-46-29(54)19-59-26-6-3-5-23-30(26)35(57)49(34(23)56)25-12-14-28(53)48-33(25)55/h3,5-8,10-11,18,25H,4,9,12-16,19H2,1-2H3,(H,45,52)(H,46,54)(H,48,53,55). The largest absolute Gasteiger partial charge is 0.483 e. The number of piperidine rings is 1. The highest BCUT2D eigenvalue weighted by Gasteiger charge is 2.52. The molecule has 2 aromatic carbocycles. The summed E-state index contributed by atoms with van der Waals surface area (Å²) in [6, 6.07) is 9.21. The van der Waals surface area contributed by atoms with Gasteiger partial charge in [-0.15, -0.1) is 0 Å². The molecule has 2 fully saturated rings. The Bertz CT molecular complexity index is 2380. The van der Waals surface area contributed by atoms with E-state index in [0.717, 1.165) is 17.0 Å². The number of ether oxygens (including phenoxy) is 1. The summed E-state index contributed by atoms with van der Waals surface area (Å²) >= 11 is 5.45. The van der Waals surface area contributed by atoms with Crippen LogP contribution in [0, 0.1) is 17.1 Å².